The molecule has 3 amide bonds. The summed E-state index contributed by atoms with van der Waals surface area (Å²) in [6.07, 6.45) is 2.10. The molecule has 10 nitrogen and oxygen atoms in total. The molecule has 0 aliphatic carbocycles. The molecule has 0 saturated carbocycles. The lowest BCUT2D eigenvalue weighted by molar-refractivity contribution is 0.0628. The predicted octanol–water partition coefficient (Wildman–Crippen LogP) is 7.92. The largest absolute Gasteiger partial charge is 0.491 e. The van der Waals surface area contributed by atoms with E-state index in [0.717, 1.165) is 57.8 Å². The SMILES string of the molecule is CCNc1cc2c(cc1C)C1(c3cc(C)c(NCC)cc3O2)c2ccccc2C(=O)N1/N=C/Cc1ccccc1OCCN1C(=O)c2ccccc2C1=O. The molecule has 0 aromatic heterocycles. The van der Waals surface area contributed by atoms with E-state index in [4.69, 9.17) is 14.6 Å². The Labute approximate surface area is 314 Å². The number of carbonyl (C=O) groups is 3. The van der Waals surface area contributed by atoms with E-state index in [0.29, 0.717) is 40.4 Å². The number of benzene rings is 5. The smallest absolute Gasteiger partial charge is 0.275 e. The number of hydrogen-bond acceptors (Lipinski definition) is 8. The fourth-order valence-electron chi connectivity index (χ4n) is 7.88. The van der Waals surface area contributed by atoms with Gasteiger partial charge in [-0.1, -0.05) is 48.5 Å². The van der Waals surface area contributed by atoms with Crippen molar-refractivity contribution < 1.29 is 23.9 Å². The van der Waals surface area contributed by atoms with Crippen molar-refractivity contribution in [3.05, 3.63) is 147 Å². The number of rotatable bonds is 11. The minimum absolute atomic E-state index is 0.114. The molecular weight excluding hydrogens is 679 g/mol. The topological polar surface area (TPSA) is 113 Å². The molecule has 0 unspecified atom stereocenters. The molecule has 3 aliphatic rings. The van der Waals surface area contributed by atoms with Gasteiger partial charge < -0.3 is 20.1 Å². The second-order valence-corrected chi connectivity index (χ2v) is 13.6. The molecule has 5 aromatic rings. The number of nitrogens with one attached hydrogen (secondary N) is 2. The van der Waals surface area contributed by atoms with Gasteiger partial charge >= 0.3 is 0 Å². The first-order chi connectivity index (χ1) is 26.3. The van der Waals surface area contributed by atoms with Gasteiger partial charge in [0, 0.05) is 71.5 Å². The number of para-hydroxylation sites is 1. The maximum absolute atomic E-state index is 14.6. The Hall–Kier alpha value is -6.42. The third kappa shape index (κ3) is 5.48. The lowest BCUT2D eigenvalue weighted by Gasteiger charge is -2.42. The highest BCUT2D eigenvalue weighted by Crippen LogP contribution is 2.59. The van der Waals surface area contributed by atoms with Gasteiger partial charge in [-0.2, -0.15) is 5.10 Å². The van der Waals surface area contributed by atoms with Crippen molar-refractivity contribution in [1.29, 1.82) is 0 Å². The van der Waals surface area contributed by atoms with Crippen LogP contribution in [0.1, 0.15) is 78.3 Å². The summed E-state index contributed by atoms with van der Waals surface area (Å²) in [7, 11) is 0. The number of fused-ring (bicyclic) bond motifs is 7. The Morgan fingerprint density at radius 2 is 1.26 bits per heavy atom. The molecule has 0 atom stereocenters. The molecule has 10 heteroatoms. The highest BCUT2D eigenvalue weighted by atomic mass is 16.5. The van der Waals surface area contributed by atoms with Gasteiger partial charge in [0.1, 0.15) is 29.4 Å². The van der Waals surface area contributed by atoms with Crippen LogP contribution in [0.15, 0.2) is 102 Å². The Kier molecular flexibility index (Phi) is 8.89. The van der Waals surface area contributed by atoms with Crippen LogP contribution in [-0.4, -0.2) is 60.1 Å². The van der Waals surface area contributed by atoms with Gasteiger partial charge in [0.05, 0.1) is 17.7 Å². The van der Waals surface area contributed by atoms with Crippen molar-refractivity contribution in [3.63, 3.8) is 0 Å². The Morgan fingerprint density at radius 3 is 1.87 bits per heavy atom. The number of ether oxygens (including phenoxy) is 2. The van der Waals surface area contributed by atoms with Crippen LogP contribution >= 0.6 is 0 Å². The Morgan fingerprint density at radius 1 is 0.704 bits per heavy atom. The van der Waals surface area contributed by atoms with Crippen LogP contribution in [-0.2, 0) is 12.0 Å². The van der Waals surface area contributed by atoms with E-state index < -0.39 is 5.54 Å². The monoisotopic (exact) mass is 719 g/mol. The number of hydrogen-bond donors (Lipinski definition) is 2. The zero-order valence-electron chi connectivity index (χ0n) is 30.7. The summed E-state index contributed by atoms with van der Waals surface area (Å²) in [6, 6.07) is 30.4. The molecule has 5 aromatic carbocycles. The van der Waals surface area contributed by atoms with E-state index in [2.05, 4.69) is 50.5 Å². The van der Waals surface area contributed by atoms with Crippen LogP contribution in [0, 0.1) is 13.8 Å². The summed E-state index contributed by atoms with van der Waals surface area (Å²) in [4.78, 5) is 41.6. The first-order valence-electron chi connectivity index (χ1n) is 18.4. The van der Waals surface area contributed by atoms with Crippen LogP contribution in [0.5, 0.6) is 17.2 Å². The van der Waals surface area contributed by atoms with E-state index in [1.165, 1.54) is 4.90 Å². The summed E-state index contributed by atoms with van der Waals surface area (Å²) < 4.78 is 12.9. The third-order valence-electron chi connectivity index (χ3n) is 10.4. The second kappa shape index (κ2) is 13.9. The van der Waals surface area contributed by atoms with Crippen LogP contribution in [0.3, 0.4) is 0 Å². The normalized spacial score (nSPS) is 14.9. The molecule has 0 bridgehead atoms. The van der Waals surface area contributed by atoms with Crippen molar-refractivity contribution in [1.82, 2.24) is 9.91 Å². The minimum atomic E-state index is -1.11. The minimum Gasteiger partial charge on any atom is -0.491 e. The van der Waals surface area contributed by atoms with Gasteiger partial charge in [-0.05, 0) is 80.8 Å². The molecule has 0 saturated heterocycles. The summed E-state index contributed by atoms with van der Waals surface area (Å²) in [5, 5.41) is 13.5. The van der Waals surface area contributed by atoms with Crippen LogP contribution in [0.25, 0.3) is 0 Å². The van der Waals surface area contributed by atoms with Gasteiger partial charge in [-0.25, -0.2) is 5.01 Å². The molecule has 272 valence electrons. The summed E-state index contributed by atoms with van der Waals surface area (Å²) >= 11 is 0. The average molecular weight is 720 g/mol. The molecule has 2 N–H and O–H groups in total. The molecule has 0 fully saturated rings. The van der Waals surface area contributed by atoms with Gasteiger partial charge in [0.15, 0.2) is 0 Å². The molecule has 3 aliphatic heterocycles. The quantitative estimate of drug-likeness (QED) is 0.105. The highest BCUT2D eigenvalue weighted by molar-refractivity contribution is 6.21. The lowest BCUT2D eigenvalue weighted by atomic mass is 9.74. The van der Waals surface area contributed by atoms with Crippen molar-refractivity contribution >= 4 is 35.3 Å². The second-order valence-electron chi connectivity index (χ2n) is 13.6. The first-order valence-corrected chi connectivity index (χ1v) is 18.4. The van der Waals surface area contributed by atoms with Crippen LogP contribution < -0.4 is 20.1 Å². The van der Waals surface area contributed by atoms with Gasteiger partial charge in [0.25, 0.3) is 17.7 Å². The standard InChI is InChI=1S/C44H41N5O5/c1-5-45-36-25-39-34(23-27(36)3)44(35-24-28(4)37(46-6-2)26-40(35)54-39)33-17-11-10-16-32(33)43(52)49(44)47-20-19-29-13-7-12-18-38(29)53-22-21-48-41(50)30-14-8-9-15-31(30)42(48)51/h7-18,20,23-26,45-46H,5-6,19,21-22H2,1-4H3/b47-20+. The van der Waals surface area contributed by atoms with Crippen LogP contribution in [0.4, 0.5) is 11.4 Å². The fourth-order valence-corrected chi connectivity index (χ4v) is 7.88. The number of nitrogens with zero attached hydrogens (tertiary/aromatic N) is 3. The lowest BCUT2D eigenvalue weighted by Crippen LogP contribution is -2.44. The maximum atomic E-state index is 14.6. The van der Waals surface area contributed by atoms with Gasteiger partial charge in [-0.3, -0.25) is 19.3 Å². The summed E-state index contributed by atoms with van der Waals surface area (Å²) in [5.41, 5.74) is 7.59. The fraction of sp³-hybridized carbons (Fsp3) is 0.227. The summed E-state index contributed by atoms with van der Waals surface area (Å²) in [5.74, 6) is 1.05. The van der Waals surface area contributed by atoms with Crippen molar-refractivity contribution in [2.24, 2.45) is 5.10 Å². The molecule has 0 radical (unpaired) electrons. The Bertz CT molecular complexity index is 2270. The van der Waals surface area contributed by atoms with E-state index >= 15 is 0 Å². The molecule has 54 heavy (non-hydrogen) atoms. The van der Waals surface area contributed by atoms with Gasteiger partial charge in [0.2, 0.25) is 0 Å². The molecule has 3 heterocycles. The van der Waals surface area contributed by atoms with Gasteiger partial charge in [-0.15, -0.1) is 0 Å². The van der Waals surface area contributed by atoms with E-state index in [1.54, 1.807) is 35.5 Å². The number of carbonyl (C=O) groups excluding carboxylic acids is 3. The van der Waals surface area contributed by atoms with Crippen molar-refractivity contribution in [2.45, 2.75) is 39.7 Å². The van der Waals surface area contributed by atoms with E-state index in [-0.39, 0.29) is 30.9 Å². The molecular formula is C44H41N5O5. The maximum Gasteiger partial charge on any atom is 0.275 e. The van der Waals surface area contributed by atoms with Crippen molar-refractivity contribution in [2.75, 3.05) is 36.9 Å². The first kappa shape index (κ1) is 34.7. The predicted molar refractivity (Wildman–Crippen MR) is 209 cm³/mol. The summed E-state index contributed by atoms with van der Waals surface area (Å²) in [6.45, 7) is 9.96. The molecule has 8 rings (SSSR count). The van der Waals surface area contributed by atoms with E-state index in [1.807, 2.05) is 60.7 Å². The van der Waals surface area contributed by atoms with E-state index in [9.17, 15) is 14.4 Å². The van der Waals surface area contributed by atoms with Crippen molar-refractivity contribution in [3.8, 4) is 17.2 Å². The number of imide groups is 1. The van der Waals surface area contributed by atoms with Crippen LogP contribution in [0.2, 0.25) is 0 Å². The number of anilines is 2. The number of hydrazone groups is 1. The zero-order chi connectivity index (χ0) is 37.6. The number of aryl methyl sites for hydroxylation is 2. The zero-order valence-corrected chi connectivity index (χ0v) is 30.7. The highest BCUT2D eigenvalue weighted by Gasteiger charge is 2.57. The average Bonchev–Trinajstić information content (AvgIpc) is 3.57. The molecule has 1 spiro atoms. The number of amides is 3. The Balaban J connectivity index is 1.15. The third-order valence-corrected chi connectivity index (χ3v) is 10.4.